The summed E-state index contributed by atoms with van der Waals surface area (Å²) in [6.07, 6.45) is 2.48. The van der Waals surface area contributed by atoms with Gasteiger partial charge in [0.05, 0.1) is 19.3 Å². The average Bonchev–Trinajstić information content (AvgIpc) is 2.84. The van der Waals surface area contributed by atoms with E-state index in [4.69, 9.17) is 9.47 Å². The van der Waals surface area contributed by atoms with Crippen LogP contribution in [-0.2, 0) is 0 Å². The molecule has 5 heteroatoms. The number of hydrogen-bond acceptors (Lipinski definition) is 4. The minimum Gasteiger partial charge on any atom is -0.490 e. The lowest BCUT2D eigenvalue weighted by atomic mass is 10.0. The molecule has 1 saturated heterocycles. The molecule has 104 valence electrons. The van der Waals surface area contributed by atoms with Gasteiger partial charge in [-0.2, -0.15) is 0 Å². The summed E-state index contributed by atoms with van der Waals surface area (Å²) >= 11 is 3.53. The number of aliphatic hydroxyl groups excluding tert-OH is 1. The van der Waals surface area contributed by atoms with Crippen molar-refractivity contribution in [2.45, 2.75) is 31.4 Å². The van der Waals surface area contributed by atoms with E-state index in [2.05, 4.69) is 21.2 Å². The Kier molecular flexibility index (Phi) is 3.96. The van der Waals surface area contributed by atoms with Gasteiger partial charge in [-0.1, -0.05) is 15.9 Å². The van der Waals surface area contributed by atoms with Gasteiger partial charge in [0.15, 0.2) is 11.5 Å². The molecule has 0 aliphatic carbocycles. The van der Waals surface area contributed by atoms with E-state index < -0.39 is 6.10 Å². The first-order valence-electron chi connectivity index (χ1n) is 6.76. The van der Waals surface area contributed by atoms with Crippen molar-refractivity contribution >= 4 is 15.9 Å². The second kappa shape index (κ2) is 5.69. The van der Waals surface area contributed by atoms with Gasteiger partial charge >= 0.3 is 0 Å². The van der Waals surface area contributed by atoms with Crippen molar-refractivity contribution in [3.05, 3.63) is 22.2 Å². The quantitative estimate of drug-likeness (QED) is 0.875. The summed E-state index contributed by atoms with van der Waals surface area (Å²) < 4.78 is 12.2. The van der Waals surface area contributed by atoms with Crippen molar-refractivity contribution in [1.29, 1.82) is 0 Å². The summed E-state index contributed by atoms with van der Waals surface area (Å²) in [5.74, 6) is 1.48. The summed E-state index contributed by atoms with van der Waals surface area (Å²) in [6.45, 7) is 2.31. The molecule has 4 nitrogen and oxygen atoms in total. The van der Waals surface area contributed by atoms with Crippen LogP contribution in [0.4, 0.5) is 0 Å². The molecule has 3 rings (SSSR count). The van der Waals surface area contributed by atoms with Gasteiger partial charge < -0.3 is 19.9 Å². The highest BCUT2D eigenvalue weighted by Gasteiger charge is 2.27. The Morgan fingerprint density at radius 3 is 2.63 bits per heavy atom. The lowest BCUT2D eigenvalue weighted by Crippen LogP contribution is -2.28. The van der Waals surface area contributed by atoms with Gasteiger partial charge in [0.1, 0.15) is 0 Å². The van der Waals surface area contributed by atoms with Crippen molar-refractivity contribution < 1.29 is 14.6 Å². The van der Waals surface area contributed by atoms with Crippen LogP contribution in [0.3, 0.4) is 0 Å². The first-order chi connectivity index (χ1) is 9.25. The second-order valence-corrected chi connectivity index (χ2v) is 5.87. The molecule has 1 fully saturated rings. The lowest BCUT2D eigenvalue weighted by Gasteiger charge is -2.21. The van der Waals surface area contributed by atoms with E-state index in [9.17, 15) is 5.11 Å². The molecule has 19 heavy (non-hydrogen) atoms. The van der Waals surface area contributed by atoms with Gasteiger partial charge in [0.2, 0.25) is 0 Å². The maximum Gasteiger partial charge on any atom is 0.162 e. The maximum absolute atomic E-state index is 10.5. The summed E-state index contributed by atoms with van der Waals surface area (Å²) in [5.41, 5.74) is 0.864. The van der Waals surface area contributed by atoms with Crippen LogP contribution in [0.5, 0.6) is 11.5 Å². The van der Waals surface area contributed by atoms with Gasteiger partial charge in [0, 0.05) is 22.5 Å². The third kappa shape index (κ3) is 2.73. The number of halogens is 1. The van der Waals surface area contributed by atoms with Crippen LogP contribution in [0, 0.1) is 0 Å². The highest BCUT2D eigenvalue weighted by atomic mass is 79.9. The Labute approximate surface area is 121 Å². The lowest BCUT2D eigenvalue weighted by molar-refractivity contribution is 0.136. The SMILES string of the molecule is OC(c1cc2c(cc1Br)OCCCO2)C1CCCN1. The van der Waals surface area contributed by atoms with Crippen LogP contribution in [0.25, 0.3) is 0 Å². The van der Waals surface area contributed by atoms with Gasteiger partial charge in [-0.05, 0) is 31.5 Å². The van der Waals surface area contributed by atoms with E-state index in [0.29, 0.717) is 13.2 Å². The van der Waals surface area contributed by atoms with E-state index in [-0.39, 0.29) is 6.04 Å². The van der Waals surface area contributed by atoms with E-state index >= 15 is 0 Å². The standard InChI is InChI=1S/C14H18BrNO3/c15-10-8-13-12(18-5-2-6-19-13)7-9(10)14(17)11-3-1-4-16-11/h7-8,11,14,16-17H,1-6H2. The molecule has 0 saturated carbocycles. The summed E-state index contributed by atoms with van der Waals surface area (Å²) in [4.78, 5) is 0. The first-order valence-corrected chi connectivity index (χ1v) is 7.55. The molecule has 0 spiro atoms. The van der Waals surface area contributed by atoms with Crippen LogP contribution < -0.4 is 14.8 Å². The van der Waals surface area contributed by atoms with E-state index in [1.54, 1.807) is 0 Å². The monoisotopic (exact) mass is 327 g/mol. The largest absolute Gasteiger partial charge is 0.490 e. The van der Waals surface area contributed by atoms with E-state index in [1.807, 2.05) is 12.1 Å². The molecule has 2 heterocycles. The minimum atomic E-state index is -0.519. The number of hydrogen-bond donors (Lipinski definition) is 2. The molecule has 0 radical (unpaired) electrons. The minimum absolute atomic E-state index is 0.126. The molecular weight excluding hydrogens is 310 g/mol. The van der Waals surface area contributed by atoms with Crippen molar-refractivity contribution in [1.82, 2.24) is 5.32 Å². The Morgan fingerprint density at radius 2 is 1.95 bits per heavy atom. The number of benzene rings is 1. The second-order valence-electron chi connectivity index (χ2n) is 5.02. The third-order valence-corrected chi connectivity index (χ3v) is 4.35. The zero-order valence-electron chi connectivity index (χ0n) is 10.7. The summed E-state index contributed by atoms with van der Waals surface area (Å²) in [5, 5.41) is 13.8. The first kappa shape index (κ1) is 13.2. The van der Waals surface area contributed by atoms with Gasteiger partial charge in [-0.3, -0.25) is 0 Å². The molecule has 2 atom stereocenters. The van der Waals surface area contributed by atoms with Crippen LogP contribution in [0.1, 0.15) is 30.9 Å². The molecule has 0 aromatic heterocycles. The molecule has 2 aliphatic heterocycles. The van der Waals surface area contributed by atoms with E-state index in [1.165, 1.54) is 0 Å². The predicted octanol–water partition coefficient (Wildman–Crippen LogP) is 2.40. The molecular formula is C14H18BrNO3. The number of ether oxygens (including phenoxy) is 2. The van der Waals surface area contributed by atoms with Crippen molar-refractivity contribution in [3.8, 4) is 11.5 Å². The smallest absolute Gasteiger partial charge is 0.162 e. The van der Waals surface area contributed by atoms with Gasteiger partial charge in [0.25, 0.3) is 0 Å². The maximum atomic E-state index is 10.5. The zero-order valence-corrected chi connectivity index (χ0v) is 12.3. The number of rotatable bonds is 2. The zero-order chi connectivity index (χ0) is 13.2. The summed E-state index contributed by atoms with van der Waals surface area (Å²) in [6, 6.07) is 3.92. The molecule has 2 N–H and O–H groups in total. The van der Waals surface area contributed by atoms with E-state index in [0.717, 1.165) is 47.3 Å². The molecule has 1 aromatic rings. The van der Waals surface area contributed by atoms with Crippen molar-refractivity contribution in [2.75, 3.05) is 19.8 Å². The van der Waals surface area contributed by atoms with Crippen molar-refractivity contribution in [3.63, 3.8) is 0 Å². The fourth-order valence-corrected chi connectivity index (χ4v) is 3.18. The number of fused-ring (bicyclic) bond motifs is 1. The Hall–Kier alpha value is -0.780. The van der Waals surface area contributed by atoms with Crippen LogP contribution >= 0.6 is 15.9 Å². The van der Waals surface area contributed by atoms with Crippen LogP contribution in [0.15, 0.2) is 16.6 Å². The van der Waals surface area contributed by atoms with Gasteiger partial charge in [-0.15, -0.1) is 0 Å². The van der Waals surface area contributed by atoms with Crippen LogP contribution in [-0.4, -0.2) is 30.9 Å². The van der Waals surface area contributed by atoms with Crippen molar-refractivity contribution in [2.24, 2.45) is 0 Å². The molecule has 0 amide bonds. The highest BCUT2D eigenvalue weighted by Crippen LogP contribution is 2.39. The third-order valence-electron chi connectivity index (χ3n) is 3.67. The topological polar surface area (TPSA) is 50.7 Å². The molecule has 0 bridgehead atoms. The normalized spacial score (nSPS) is 24.0. The average molecular weight is 328 g/mol. The Morgan fingerprint density at radius 1 is 1.21 bits per heavy atom. The Bertz CT molecular complexity index is 460. The predicted molar refractivity (Wildman–Crippen MR) is 75.7 cm³/mol. The Balaban J connectivity index is 1.90. The molecule has 2 unspecified atom stereocenters. The molecule has 1 aromatic carbocycles. The molecule has 2 aliphatic rings. The van der Waals surface area contributed by atoms with Gasteiger partial charge in [-0.25, -0.2) is 0 Å². The summed E-state index contributed by atoms with van der Waals surface area (Å²) in [7, 11) is 0. The number of nitrogens with one attached hydrogen (secondary N) is 1. The van der Waals surface area contributed by atoms with Crippen LogP contribution in [0.2, 0.25) is 0 Å². The number of aliphatic hydroxyl groups is 1. The fourth-order valence-electron chi connectivity index (χ4n) is 2.62. The highest BCUT2D eigenvalue weighted by molar-refractivity contribution is 9.10. The fraction of sp³-hybridized carbons (Fsp3) is 0.571.